The number of nitrogens with zero attached hydrogens (tertiary/aromatic N) is 2. The highest BCUT2D eigenvalue weighted by Gasteiger charge is 2.22. The Bertz CT molecular complexity index is 1030. The summed E-state index contributed by atoms with van der Waals surface area (Å²) in [6.45, 7) is 3.99. The maximum Gasteiger partial charge on any atom is 0.277 e. The van der Waals surface area contributed by atoms with Gasteiger partial charge in [-0.15, -0.1) is 11.3 Å². The number of amides is 1. The van der Waals surface area contributed by atoms with Gasteiger partial charge in [0.1, 0.15) is 17.6 Å². The summed E-state index contributed by atoms with van der Waals surface area (Å²) >= 11 is 1.30. The second kappa shape index (κ2) is 8.69. The van der Waals surface area contributed by atoms with E-state index in [9.17, 15) is 9.90 Å². The third kappa shape index (κ3) is 4.76. The van der Waals surface area contributed by atoms with Crippen LogP contribution in [0.25, 0.3) is 11.3 Å². The molecule has 0 bridgehead atoms. The lowest BCUT2D eigenvalue weighted by atomic mass is 10.1. The molecule has 0 spiro atoms. The average Bonchev–Trinajstić information content (AvgIpc) is 3.27. The van der Waals surface area contributed by atoms with Crippen LogP contribution in [0.3, 0.4) is 0 Å². The zero-order valence-electron chi connectivity index (χ0n) is 15.4. The third-order valence-corrected chi connectivity index (χ3v) is 4.85. The second-order valence-corrected chi connectivity index (χ2v) is 7.12. The fourth-order valence-electron chi connectivity index (χ4n) is 2.48. The van der Waals surface area contributed by atoms with Gasteiger partial charge in [0, 0.05) is 28.5 Å². The van der Waals surface area contributed by atoms with E-state index >= 15 is 0 Å². The number of aromatic nitrogens is 2. The molecule has 2 aromatic heterocycles. The molecule has 0 radical (unpaired) electrons. The summed E-state index contributed by atoms with van der Waals surface area (Å²) < 4.78 is 10.3. The SMILES string of the molecule is CC(O)C#Cc1ccc2c(c1)-c1nc(C(N)=O)sc1CCO2.Cc1ccno1. The van der Waals surface area contributed by atoms with Crippen LogP contribution >= 0.6 is 11.3 Å². The van der Waals surface area contributed by atoms with Gasteiger partial charge < -0.3 is 20.1 Å². The van der Waals surface area contributed by atoms with Crippen LogP contribution in [0.15, 0.2) is 35.0 Å². The molecule has 1 aliphatic heterocycles. The van der Waals surface area contributed by atoms with Gasteiger partial charge in [-0.2, -0.15) is 0 Å². The minimum Gasteiger partial charge on any atom is -0.493 e. The number of carbonyl (C=O) groups is 1. The molecule has 28 heavy (non-hydrogen) atoms. The Morgan fingerprint density at radius 2 is 2.21 bits per heavy atom. The fraction of sp³-hybridized carbons (Fsp3) is 0.250. The number of thiazole rings is 1. The van der Waals surface area contributed by atoms with Crippen molar-refractivity contribution in [2.75, 3.05) is 6.61 Å². The van der Waals surface area contributed by atoms with E-state index in [-0.39, 0.29) is 0 Å². The second-order valence-electron chi connectivity index (χ2n) is 6.03. The van der Waals surface area contributed by atoms with E-state index in [4.69, 9.17) is 10.5 Å². The Morgan fingerprint density at radius 1 is 1.39 bits per heavy atom. The monoisotopic (exact) mass is 397 g/mol. The van der Waals surface area contributed by atoms with Crippen molar-refractivity contribution in [1.29, 1.82) is 0 Å². The normalized spacial score (nSPS) is 12.7. The molecule has 3 heterocycles. The van der Waals surface area contributed by atoms with E-state index in [1.54, 1.807) is 19.2 Å². The highest BCUT2D eigenvalue weighted by Crippen LogP contribution is 2.37. The lowest BCUT2D eigenvalue weighted by Crippen LogP contribution is -2.10. The van der Waals surface area contributed by atoms with Crippen molar-refractivity contribution < 1.29 is 19.2 Å². The molecule has 8 heteroatoms. The number of aliphatic hydroxyl groups is 1. The Labute approximate surface area is 166 Å². The van der Waals surface area contributed by atoms with Crippen molar-refractivity contribution in [3.8, 4) is 28.8 Å². The van der Waals surface area contributed by atoms with Crippen LogP contribution in [0.4, 0.5) is 0 Å². The minimum atomic E-state index is -0.689. The summed E-state index contributed by atoms with van der Waals surface area (Å²) in [5, 5.41) is 13.0. The summed E-state index contributed by atoms with van der Waals surface area (Å²) in [5.41, 5.74) is 7.61. The number of aryl methyl sites for hydroxylation is 1. The van der Waals surface area contributed by atoms with Crippen LogP contribution in [0.2, 0.25) is 0 Å². The van der Waals surface area contributed by atoms with Crippen molar-refractivity contribution in [3.05, 3.63) is 51.7 Å². The van der Waals surface area contributed by atoms with E-state index in [1.165, 1.54) is 11.3 Å². The number of fused-ring (bicyclic) bond motifs is 3. The van der Waals surface area contributed by atoms with Gasteiger partial charge in [-0.25, -0.2) is 4.98 Å². The molecule has 3 aromatic rings. The topological polar surface area (TPSA) is 111 Å². The smallest absolute Gasteiger partial charge is 0.277 e. The van der Waals surface area contributed by atoms with Crippen LogP contribution in [-0.2, 0) is 6.42 Å². The number of primary amides is 1. The molecular weight excluding hydrogens is 378 g/mol. The van der Waals surface area contributed by atoms with E-state index < -0.39 is 12.0 Å². The first-order valence-electron chi connectivity index (χ1n) is 8.57. The molecule has 1 unspecified atom stereocenters. The third-order valence-electron chi connectivity index (χ3n) is 3.72. The molecule has 1 amide bonds. The van der Waals surface area contributed by atoms with Crippen LogP contribution in [0, 0.1) is 18.8 Å². The van der Waals surface area contributed by atoms with E-state index in [0.29, 0.717) is 23.8 Å². The van der Waals surface area contributed by atoms with Crippen LogP contribution in [0.5, 0.6) is 5.75 Å². The summed E-state index contributed by atoms with van der Waals surface area (Å²) in [5.74, 6) is 6.65. The first-order chi connectivity index (χ1) is 13.4. The zero-order valence-corrected chi connectivity index (χ0v) is 16.2. The van der Waals surface area contributed by atoms with Crippen LogP contribution in [0.1, 0.15) is 32.9 Å². The number of carbonyl (C=O) groups excluding carboxylic acids is 1. The molecule has 4 rings (SSSR count). The molecular formula is C20H19N3O4S. The number of aliphatic hydroxyl groups excluding tert-OH is 1. The van der Waals surface area contributed by atoms with Crippen molar-refractivity contribution in [1.82, 2.24) is 10.1 Å². The summed E-state index contributed by atoms with van der Waals surface area (Å²) in [6, 6.07) is 7.33. The maximum absolute atomic E-state index is 11.3. The number of hydrogen-bond acceptors (Lipinski definition) is 7. The number of ether oxygens (including phenoxy) is 1. The molecule has 1 aromatic carbocycles. The standard InChI is InChI=1S/C16H14N2O3S.C4H5NO/c1-9(19)2-3-10-4-5-12-11(8-10)14-13(6-7-21-12)22-16(18-14)15(17)20;1-4-2-3-5-6-4/h4-5,8-9,19H,6-7H2,1H3,(H2,17,20);2-3H,1H3. The van der Waals surface area contributed by atoms with Gasteiger partial charge in [0.15, 0.2) is 5.01 Å². The maximum atomic E-state index is 11.3. The van der Waals surface area contributed by atoms with E-state index in [1.807, 2.05) is 25.1 Å². The minimum absolute atomic E-state index is 0.304. The molecule has 144 valence electrons. The van der Waals surface area contributed by atoms with Crippen molar-refractivity contribution >= 4 is 17.2 Å². The van der Waals surface area contributed by atoms with Crippen LogP contribution in [-0.4, -0.2) is 33.9 Å². The molecule has 0 saturated heterocycles. The summed E-state index contributed by atoms with van der Waals surface area (Å²) in [4.78, 5) is 16.7. The molecule has 1 atom stereocenters. The molecule has 0 aliphatic carbocycles. The molecule has 0 saturated carbocycles. The largest absolute Gasteiger partial charge is 0.493 e. The number of hydrogen-bond donors (Lipinski definition) is 2. The number of nitrogens with two attached hydrogens (primary N) is 1. The average molecular weight is 397 g/mol. The Morgan fingerprint density at radius 3 is 2.82 bits per heavy atom. The number of benzene rings is 1. The molecule has 0 fully saturated rings. The highest BCUT2D eigenvalue weighted by molar-refractivity contribution is 7.14. The quantitative estimate of drug-likeness (QED) is 0.611. The van der Waals surface area contributed by atoms with E-state index in [0.717, 1.165) is 27.5 Å². The zero-order chi connectivity index (χ0) is 20.1. The first-order valence-corrected chi connectivity index (χ1v) is 9.39. The lowest BCUT2D eigenvalue weighted by Gasteiger charge is -2.07. The Balaban J connectivity index is 0.000000320. The Hall–Kier alpha value is -3.15. The van der Waals surface area contributed by atoms with Crippen LogP contribution < -0.4 is 10.5 Å². The molecule has 7 nitrogen and oxygen atoms in total. The Kier molecular flexibility index (Phi) is 6.09. The fourth-order valence-corrected chi connectivity index (χ4v) is 3.39. The van der Waals surface area contributed by atoms with E-state index in [2.05, 4.69) is 26.5 Å². The first kappa shape index (κ1) is 19.6. The number of rotatable bonds is 1. The van der Waals surface area contributed by atoms with Crippen molar-refractivity contribution in [2.45, 2.75) is 26.4 Å². The van der Waals surface area contributed by atoms with Gasteiger partial charge in [-0.3, -0.25) is 4.79 Å². The highest BCUT2D eigenvalue weighted by atomic mass is 32.1. The van der Waals surface area contributed by atoms with Crippen molar-refractivity contribution in [2.24, 2.45) is 5.73 Å². The summed E-state index contributed by atoms with van der Waals surface area (Å²) in [6.07, 6.45) is 1.62. The van der Waals surface area contributed by atoms with Crippen molar-refractivity contribution in [3.63, 3.8) is 0 Å². The lowest BCUT2D eigenvalue weighted by molar-refractivity contribution is 0.1000. The molecule has 3 N–H and O–H groups in total. The van der Waals surface area contributed by atoms with Gasteiger partial charge in [0.05, 0.1) is 18.5 Å². The van der Waals surface area contributed by atoms with Gasteiger partial charge >= 0.3 is 0 Å². The van der Waals surface area contributed by atoms with Gasteiger partial charge in [-0.1, -0.05) is 17.0 Å². The predicted molar refractivity (Wildman–Crippen MR) is 105 cm³/mol. The predicted octanol–water partition coefficient (Wildman–Crippen LogP) is 2.56. The molecule has 1 aliphatic rings. The van der Waals surface area contributed by atoms with Gasteiger partial charge in [0.25, 0.3) is 5.91 Å². The van der Waals surface area contributed by atoms with Gasteiger partial charge in [-0.05, 0) is 32.0 Å². The summed E-state index contributed by atoms with van der Waals surface area (Å²) in [7, 11) is 0. The van der Waals surface area contributed by atoms with Gasteiger partial charge in [0.2, 0.25) is 0 Å².